The highest BCUT2D eigenvalue weighted by Gasteiger charge is 2.31. The van der Waals surface area contributed by atoms with E-state index in [1.54, 1.807) is 11.3 Å². The molecule has 1 fully saturated rings. The van der Waals surface area contributed by atoms with Gasteiger partial charge < -0.3 is 10.6 Å². The molecule has 23 heavy (non-hydrogen) atoms. The van der Waals surface area contributed by atoms with Gasteiger partial charge in [-0.2, -0.15) is 0 Å². The highest BCUT2D eigenvalue weighted by molar-refractivity contribution is 7.13. The van der Waals surface area contributed by atoms with Crippen LogP contribution in [0.1, 0.15) is 35.8 Å². The van der Waals surface area contributed by atoms with Gasteiger partial charge in [-0.25, -0.2) is 4.98 Å². The van der Waals surface area contributed by atoms with Crippen molar-refractivity contribution in [2.24, 2.45) is 11.7 Å². The van der Waals surface area contributed by atoms with Crippen molar-refractivity contribution in [2.45, 2.75) is 32.7 Å². The van der Waals surface area contributed by atoms with Gasteiger partial charge in [0.25, 0.3) is 5.91 Å². The molecule has 3 rings (SSSR count). The number of aryl methyl sites for hydroxylation is 1. The quantitative estimate of drug-likeness (QED) is 0.940. The van der Waals surface area contributed by atoms with E-state index < -0.39 is 0 Å². The number of thiazole rings is 1. The van der Waals surface area contributed by atoms with Gasteiger partial charge >= 0.3 is 0 Å². The Morgan fingerprint density at radius 1 is 1.48 bits per heavy atom. The van der Waals surface area contributed by atoms with Crippen molar-refractivity contribution in [1.82, 2.24) is 9.88 Å². The van der Waals surface area contributed by atoms with Crippen molar-refractivity contribution in [3.63, 3.8) is 0 Å². The Hall–Kier alpha value is -1.72. The van der Waals surface area contributed by atoms with Crippen LogP contribution in [-0.4, -0.2) is 34.9 Å². The van der Waals surface area contributed by atoms with Gasteiger partial charge in [-0.15, -0.1) is 11.3 Å². The molecule has 0 spiro atoms. The molecule has 1 aliphatic rings. The summed E-state index contributed by atoms with van der Waals surface area (Å²) in [6.45, 7) is 5.49. The molecule has 1 saturated heterocycles. The summed E-state index contributed by atoms with van der Waals surface area (Å²) in [7, 11) is 0. The second-order valence-corrected chi connectivity index (χ2v) is 7.15. The average molecular weight is 329 g/mol. The summed E-state index contributed by atoms with van der Waals surface area (Å²) in [4.78, 5) is 19.4. The van der Waals surface area contributed by atoms with Gasteiger partial charge in [-0.05, 0) is 37.8 Å². The molecule has 5 heteroatoms. The molecule has 2 aromatic rings. The first-order chi connectivity index (χ1) is 11.1. The predicted molar refractivity (Wildman–Crippen MR) is 94.6 cm³/mol. The van der Waals surface area contributed by atoms with Crippen LogP contribution in [0, 0.1) is 12.8 Å². The van der Waals surface area contributed by atoms with Gasteiger partial charge in [0.05, 0.1) is 0 Å². The largest absolute Gasteiger partial charge is 0.334 e. The normalized spacial score (nSPS) is 21.4. The van der Waals surface area contributed by atoms with Gasteiger partial charge in [0, 0.05) is 41.3 Å². The minimum atomic E-state index is 0.0853. The van der Waals surface area contributed by atoms with Gasteiger partial charge in [0.15, 0.2) is 0 Å². The third-order valence-electron chi connectivity index (χ3n) is 4.59. The van der Waals surface area contributed by atoms with Crippen molar-refractivity contribution in [1.29, 1.82) is 0 Å². The van der Waals surface area contributed by atoms with Crippen LogP contribution in [0.3, 0.4) is 0 Å². The highest BCUT2D eigenvalue weighted by atomic mass is 32.1. The Balaban J connectivity index is 1.87. The molecule has 1 aromatic carbocycles. The Bertz CT molecular complexity index is 697. The SMILES string of the molecule is Cc1csc(-c2cccc(C(=O)N3CCC[C@@H](C)[C@H]3CN)c2)n1. The van der Waals surface area contributed by atoms with E-state index in [-0.39, 0.29) is 11.9 Å². The number of nitrogens with zero attached hydrogens (tertiary/aromatic N) is 2. The molecule has 0 unspecified atom stereocenters. The van der Waals surface area contributed by atoms with Crippen molar-refractivity contribution in [3.05, 3.63) is 40.9 Å². The van der Waals surface area contributed by atoms with Gasteiger partial charge in [-0.3, -0.25) is 4.79 Å². The molecule has 1 aromatic heterocycles. The zero-order valence-electron chi connectivity index (χ0n) is 13.7. The summed E-state index contributed by atoms with van der Waals surface area (Å²) in [6.07, 6.45) is 2.19. The number of hydrogen-bond donors (Lipinski definition) is 1. The summed E-state index contributed by atoms with van der Waals surface area (Å²) >= 11 is 1.61. The summed E-state index contributed by atoms with van der Waals surface area (Å²) in [5.74, 6) is 0.546. The number of likely N-dealkylation sites (tertiary alicyclic amines) is 1. The van der Waals surface area contributed by atoms with Crippen LogP contribution >= 0.6 is 11.3 Å². The Kier molecular flexibility index (Phi) is 4.78. The minimum absolute atomic E-state index is 0.0853. The third kappa shape index (κ3) is 3.31. The van der Waals surface area contributed by atoms with Crippen LogP contribution < -0.4 is 5.73 Å². The number of amides is 1. The maximum atomic E-state index is 13.0. The average Bonchev–Trinajstić information content (AvgIpc) is 3.00. The number of aromatic nitrogens is 1. The molecule has 122 valence electrons. The summed E-state index contributed by atoms with van der Waals surface area (Å²) < 4.78 is 0. The number of nitrogens with two attached hydrogens (primary N) is 1. The topological polar surface area (TPSA) is 59.2 Å². The van der Waals surface area contributed by atoms with Crippen LogP contribution in [0.5, 0.6) is 0 Å². The van der Waals surface area contributed by atoms with E-state index in [0.29, 0.717) is 12.5 Å². The number of benzene rings is 1. The standard InChI is InChI=1S/C18H23N3OS/c1-12-5-4-8-21(16(12)10-19)18(22)15-7-3-6-14(9-15)17-20-13(2)11-23-17/h3,6-7,9,11-12,16H,4-5,8,10,19H2,1-2H3/t12-,16-/m1/s1. The second-order valence-electron chi connectivity index (χ2n) is 6.30. The predicted octanol–water partition coefficient (Wildman–Crippen LogP) is 3.32. The number of carbonyl (C=O) groups excluding carboxylic acids is 1. The lowest BCUT2D eigenvalue weighted by Gasteiger charge is -2.39. The van der Waals surface area contributed by atoms with Crippen LogP contribution in [0.25, 0.3) is 10.6 Å². The van der Waals surface area contributed by atoms with Crippen LogP contribution in [0.2, 0.25) is 0 Å². The van der Waals surface area contributed by atoms with E-state index in [4.69, 9.17) is 5.73 Å². The third-order valence-corrected chi connectivity index (χ3v) is 5.60. The zero-order valence-corrected chi connectivity index (χ0v) is 14.5. The van der Waals surface area contributed by atoms with Crippen LogP contribution in [0.4, 0.5) is 0 Å². The van der Waals surface area contributed by atoms with E-state index in [1.807, 2.05) is 41.5 Å². The van der Waals surface area contributed by atoms with Crippen molar-refractivity contribution < 1.29 is 4.79 Å². The molecule has 0 saturated carbocycles. The van der Waals surface area contributed by atoms with Gasteiger partial charge in [-0.1, -0.05) is 19.1 Å². The van der Waals surface area contributed by atoms with E-state index in [0.717, 1.165) is 41.2 Å². The zero-order chi connectivity index (χ0) is 16.4. The first-order valence-electron chi connectivity index (χ1n) is 8.13. The fourth-order valence-corrected chi connectivity index (χ4v) is 4.09. The van der Waals surface area contributed by atoms with Gasteiger partial charge in [0.2, 0.25) is 0 Å². The number of piperidine rings is 1. The van der Waals surface area contributed by atoms with E-state index in [9.17, 15) is 4.79 Å². The summed E-state index contributed by atoms with van der Waals surface area (Å²) in [5, 5.41) is 2.99. The molecule has 1 aliphatic heterocycles. The summed E-state index contributed by atoms with van der Waals surface area (Å²) in [5.41, 5.74) is 8.66. The van der Waals surface area contributed by atoms with Crippen molar-refractivity contribution >= 4 is 17.2 Å². The molecule has 2 atom stereocenters. The molecule has 0 aliphatic carbocycles. The lowest BCUT2D eigenvalue weighted by molar-refractivity contribution is 0.0532. The lowest BCUT2D eigenvalue weighted by atomic mass is 9.90. The fraction of sp³-hybridized carbons (Fsp3) is 0.444. The van der Waals surface area contributed by atoms with E-state index in [2.05, 4.69) is 11.9 Å². The molecule has 4 nitrogen and oxygen atoms in total. The molecular formula is C18H23N3OS. The molecular weight excluding hydrogens is 306 g/mol. The number of hydrogen-bond acceptors (Lipinski definition) is 4. The van der Waals surface area contributed by atoms with Gasteiger partial charge in [0.1, 0.15) is 5.01 Å². The highest BCUT2D eigenvalue weighted by Crippen LogP contribution is 2.27. The maximum Gasteiger partial charge on any atom is 0.254 e. The first-order valence-corrected chi connectivity index (χ1v) is 9.01. The van der Waals surface area contributed by atoms with Crippen molar-refractivity contribution in [3.8, 4) is 10.6 Å². The van der Waals surface area contributed by atoms with E-state index in [1.165, 1.54) is 0 Å². The molecule has 2 heterocycles. The molecule has 1 amide bonds. The smallest absolute Gasteiger partial charge is 0.254 e. The van der Waals surface area contributed by atoms with E-state index >= 15 is 0 Å². The molecule has 0 radical (unpaired) electrons. The minimum Gasteiger partial charge on any atom is -0.334 e. The number of rotatable bonds is 3. The lowest BCUT2D eigenvalue weighted by Crippen LogP contribution is -2.51. The maximum absolute atomic E-state index is 13.0. The number of carbonyl (C=O) groups is 1. The van der Waals surface area contributed by atoms with Crippen LogP contribution in [0.15, 0.2) is 29.6 Å². The Morgan fingerprint density at radius 2 is 2.30 bits per heavy atom. The second kappa shape index (κ2) is 6.81. The van der Waals surface area contributed by atoms with Crippen LogP contribution in [-0.2, 0) is 0 Å². The Morgan fingerprint density at radius 3 is 3.00 bits per heavy atom. The fourth-order valence-electron chi connectivity index (χ4n) is 3.30. The molecule has 2 N–H and O–H groups in total. The Labute approximate surface area is 141 Å². The first kappa shape index (κ1) is 16.1. The monoisotopic (exact) mass is 329 g/mol. The summed E-state index contributed by atoms with van der Waals surface area (Å²) in [6, 6.07) is 7.92. The van der Waals surface area contributed by atoms with Crippen molar-refractivity contribution in [2.75, 3.05) is 13.1 Å². The molecule has 0 bridgehead atoms.